The van der Waals surface area contributed by atoms with Crippen molar-refractivity contribution in [1.29, 1.82) is 0 Å². The first-order valence-electron chi connectivity index (χ1n) is 8.34. The number of piperazine rings is 1. The van der Waals surface area contributed by atoms with Crippen LogP contribution in [0.25, 0.3) is 16.8 Å². The van der Waals surface area contributed by atoms with E-state index in [1.807, 2.05) is 11.0 Å². The van der Waals surface area contributed by atoms with Gasteiger partial charge in [0.1, 0.15) is 11.6 Å². The lowest BCUT2D eigenvalue weighted by Gasteiger charge is -2.33. The molecule has 0 radical (unpaired) electrons. The fourth-order valence-electron chi connectivity index (χ4n) is 3.13. The highest BCUT2D eigenvalue weighted by Crippen LogP contribution is 2.31. The van der Waals surface area contributed by atoms with Gasteiger partial charge in [0.25, 0.3) is 0 Å². The summed E-state index contributed by atoms with van der Waals surface area (Å²) in [6.07, 6.45) is 3.54. The number of fused-ring (bicyclic) bond motifs is 1. The smallest absolute Gasteiger partial charge is 0.407 e. The van der Waals surface area contributed by atoms with E-state index in [1.54, 1.807) is 16.9 Å². The Bertz CT molecular complexity index is 999. The van der Waals surface area contributed by atoms with E-state index in [9.17, 15) is 9.18 Å². The molecule has 0 aliphatic carbocycles. The quantitative estimate of drug-likeness (QED) is 0.748. The van der Waals surface area contributed by atoms with E-state index in [0.29, 0.717) is 48.8 Å². The average molecular weight is 372 g/mol. The third-order valence-electron chi connectivity index (χ3n) is 4.53. The number of aromatic nitrogens is 4. The lowest BCUT2D eigenvalue weighted by molar-refractivity contribution is 0.142. The summed E-state index contributed by atoms with van der Waals surface area (Å²) >= 11 is 0. The van der Waals surface area contributed by atoms with Crippen LogP contribution >= 0.6 is 0 Å². The van der Waals surface area contributed by atoms with Crippen molar-refractivity contribution in [3.8, 4) is 17.0 Å². The summed E-state index contributed by atoms with van der Waals surface area (Å²) in [7, 11) is 1.47. The number of anilines is 1. The maximum absolute atomic E-state index is 13.7. The molecule has 9 nitrogen and oxygen atoms in total. The minimum absolute atomic E-state index is 0.286. The summed E-state index contributed by atoms with van der Waals surface area (Å²) in [5.74, 6) is 0.511. The van der Waals surface area contributed by atoms with Gasteiger partial charge >= 0.3 is 6.09 Å². The molecule has 0 spiro atoms. The summed E-state index contributed by atoms with van der Waals surface area (Å²) < 4.78 is 20.6. The number of hydrogen-bond donors (Lipinski definition) is 1. The number of rotatable bonds is 3. The molecule has 1 amide bonds. The van der Waals surface area contributed by atoms with Crippen LogP contribution in [0.1, 0.15) is 0 Å². The molecule has 3 aromatic heterocycles. The molecule has 1 N–H and O–H groups in total. The van der Waals surface area contributed by atoms with E-state index < -0.39 is 11.9 Å². The van der Waals surface area contributed by atoms with E-state index in [1.165, 1.54) is 18.1 Å². The molecule has 0 saturated carbocycles. The molecule has 4 rings (SSSR count). The van der Waals surface area contributed by atoms with Crippen molar-refractivity contribution in [2.75, 3.05) is 38.2 Å². The fraction of sp³-hybridized carbons (Fsp3) is 0.294. The van der Waals surface area contributed by atoms with Crippen LogP contribution in [-0.4, -0.2) is 69.0 Å². The molecule has 0 unspecified atom stereocenters. The normalized spacial score (nSPS) is 14.6. The van der Waals surface area contributed by atoms with Crippen molar-refractivity contribution in [1.82, 2.24) is 24.5 Å². The molecule has 0 bridgehead atoms. The van der Waals surface area contributed by atoms with Crippen LogP contribution in [0.5, 0.6) is 5.88 Å². The van der Waals surface area contributed by atoms with Gasteiger partial charge in [-0.1, -0.05) is 0 Å². The minimum atomic E-state index is -0.915. The van der Waals surface area contributed by atoms with Crippen molar-refractivity contribution in [2.45, 2.75) is 0 Å². The lowest BCUT2D eigenvalue weighted by Crippen LogP contribution is -2.48. The predicted molar refractivity (Wildman–Crippen MR) is 94.5 cm³/mol. The van der Waals surface area contributed by atoms with Gasteiger partial charge in [-0.15, -0.1) is 0 Å². The van der Waals surface area contributed by atoms with Gasteiger partial charge in [0, 0.05) is 32.4 Å². The third kappa shape index (κ3) is 3.09. The summed E-state index contributed by atoms with van der Waals surface area (Å²) in [5, 5.41) is 13.3. The lowest BCUT2D eigenvalue weighted by atomic mass is 10.1. The zero-order valence-corrected chi connectivity index (χ0v) is 14.5. The maximum Gasteiger partial charge on any atom is 0.407 e. The van der Waals surface area contributed by atoms with Gasteiger partial charge in [0.05, 0.1) is 30.6 Å². The standard InChI is InChI=1S/C17H17FN6O3/c1-27-16-12(8-11(18)9-19-16)13-10-20-24-3-2-14(21-15(13)24)22-4-6-23(7-5-22)17(25)26/h2-3,8-10H,4-7H2,1H3,(H,25,26). The Kier molecular flexibility index (Phi) is 4.22. The Morgan fingerprint density at radius 1 is 1.22 bits per heavy atom. The number of nitrogens with zero attached hydrogens (tertiary/aromatic N) is 6. The molecular weight excluding hydrogens is 355 g/mol. The number of ether oxygens (including phenoxy) is 1. The van der Waals surface area contributed by atoms with Crippen LogP contribution < -0.4 is 9.64 Å². The van der Waals surface area contributed by atoms with Crippen LogP contribution in [0.3, 0.4) is 0 Å². The first kappa shape index (κ1) is 17.0. The Labute approximate surface area is 153 Å². The molecule has 0 aromatic carbocycles. The average Bonchev–Trinajstić information content (AvgIpc) is 3.11. The van der Waals surface area contributed by atoms with Gasteiger partial charge in [-0.25, -0.2) is 23.7 Å². The SMILES string of the molecule is COc1ncc(F)cc1-c1cnn2ccc(N3CCN(C(=O)O)CC3)nc12. The molecule has 0 atom stereocenters. The molecule has 3 aromatic rings. The van der Waals surface area contributed by atoms with Crippen LogP contribution in [-0.2, 0) is 0 Å². The summed E-state index contributed by atoms with van der Waals surface area (Å²) in [6, 6.07) is 3.16. The third-order valence-corrected chi connectivity index (χ3v) is 4.53. The van der Waals surface area contributed by atoms with E-state index in [0.717, 1.165) is 6.20 Å². The molecule has 4 heterocycles. The summed E-state index contributed by atoms with van der Waals surface area (Å²) in [6.45, 7) is 1.92. The Morgan fingerprint density at radius 3 is 2.70 bits per heavy atom. The molecule has 140 valence electrons. The van der Waals surface area contributed by atoms with Crippen molar-refractivity contribution >= 4 is 17.6 Å². The number of carboxylic acid groups (broad SMARTS) is 1. The monoisotopic (exact) mass is 372 g/mol. The second-order valence-electron chi connectivity index (χ2n) is 6.08. The summed E-state index contributed by atoms with van der Waals surface area (Å²) in [4.78, 5) is 23.1. The topological polar surface area (TPSA) is 96.1 Å². The second-order valence-corrected chi connectivity index (χ2v) is 6.08. The van der Waals surface area contributed by atoms with Crippen molar-refractivity contribution in [3.05, 3.63) is 36.5 Å². The van der Waals surface area contributed by atoms with Crippen LogP contribution in [0, 0.1) is 5.82 Å². The zero-order chi connectivity index (χ0) is 19.0. The molecule has 1 aliphatic rings. The molecule has 27 heavy (non-hydrogen) atoms. The first-order valence-corrected chi connectivity index (χ1v) is 8.34. The highest BCUT2D eigenvalue weighted by Gasteiger charge is 2.22. The first-order chi connectivity index (χ1) is 13.1. The number of hydrogen-bond acceptors (Lipinski definition) is 6. The number of halogens is 1. The van der Waals surface area contributed by atoms with Gasteiger partial charge in [-0.3, -0.25) is 0 Å². The maximum atomic E-state index is 13.7. The van der Waals surface area contributed by atoms with Crippen molar-refractivity contribution in [3.63, 3.8) is 0 Å². The Balaban J connectivity index is 1.70. The van der Waals surface area contributed by atoms with Crippen LogP contribution in [0.15, 0.2) is 30.7 Å². The number of pyridine rings is 1. The van der Waals surface area contributed by atoms with Gasteiger partial charge in [0.2, 0.25) is 5.88 Å². The Morgan fingerprint density at radius 2 is 2.00 bits per heavy atom. The highest BCUT2D eigenvalue weighted by molar-refractivity contribution is 5.80. The van der Waals surface area contributed by atoms with Crippen molar-refractivity contribution < 1.29 is 19.0 Å². The molecular formula is C17H17FN6O3. The van der Waals surface area contributed by atoms with Crippen molar-refractivity contribution in [2.24, 2.45) is 0 Å². The number of carbonyl (C=O) groups is 1. The molecule has 1 aliphatic heterocycles. The fourth-order valence-corrected chi connectivity index (χ4v) is 3.13. The van der Waals surface area contributed by atoms with Gasteiger partial charge in [0.15, 0.2) is 5.65 Å². The zero-order valence-electron chi connectivity index (χ0n) is 14.5. The molecule has 10 heteroatoms. The van der Waals surface area contributed by atoms with Crippen LogP contribution in [0.4, 0.5) is 15.0 Å². The second kappa shape index (κ2) is 6.71. The number of amides is 1. The highest BCUT2D eigenvalue weighted by atomic mass is 19.1. The Hall–Kier alpha value is -3.43. The van der Waals surface area contributed by atoms with Gasteiger partial charge in [-0.05, 0) is 12.1 Å². The van der Waals surface area contributed by atoms with E-state index >= 15 is 0 Å². The molecule has 1 fully saturated rings. The largest absolute Gasteiger partial charge is 0.481 e. The van der Waals surface area contributed by atoms with E-state index in [2.05, 4.69) is 15.1 Å². The van der Waals surface area contributed by atoms with E-state index in [-0.39, 0.29) is 5.88 Å². The molecule has 1 saturated heterocycles. The predicted octanol–water partition coefficient (Wildman–Crippen LogP) is 1.74. The summed E-state index contributed by atoms with van der Waals surface area (Å²) in [5.41, 5.74) is 1.61. The van der Waals surface area contributed by atoms with Crippen LogP contribution in [0.2, 0.25) is 0 Å². The van der Waals surface area contributed by atoms with Gasteiger partial charge < -0.3 is 19.6 Å². The minimum Gasteiger partial charge on any atom is -0.481 e. The van der Waals surface area contributed by atoms with E-state index in [4.69, 9.17) is 9.84 Å². The number of methoxy groups -OCH3 is 1. The van der Waals surface area contributed by atoms with Gasteiger partial charge in [-0.2, -0.15) is 5.10 Å².